The first kappa shape index (κ1) is 12.5. The lowest BCUT2D eigenvalue weighted by atomic mass is 9.76. The zero-order valence-electron chi connectivity index (χ0n) is 10.1. The summed E-state index contributed by atoms with van der Waals surface area (Å²) in [5, 5.41) is 0.116. The molecule has 0 unspecified atom stereocenters. The van der Waals surface area contributed by atoms with Crippen LogP contribution in [0.4, 0.5) is 0 Å². The monoisotopic (exact) mass is 258 g/mol. The lowest BCUT2D eigenvalue weighted by Gasteiger charge is -2.47. The molecule has 7 heteroatoms. The number of hydrogen-bond donors (Lipinski definition) is 2. The Kier molecular flexibility index (Phi) is 3.24. The van der Waals surface area contributed by atoms with Crippen LogP contribution in [0.25, 0.3) is 0 Å². The van der Waals surface area contributed by atoms with Crippen molar-refractivity contribution in [2.24, 2.45) is 0 Å². The van der Waals surface area contributed by atoms with Crippen molar-refractivity contribution in [3.05, 3.63) is 12.5 Å². The molecule has 0 aliphatic heterocycles. The SMILES string of the molecule is CN(C)C1(CNS(=O)(=O)c2cnc[nH]2)CCC1. The summed E-state index contributed by atoms with van der Waals surface area (Å²) in [5.41, 5.74) is -0.0207. The average molecular weight is 258 g/mol. The van der Waals surface area contributed by atoms with Gasteiger partial charge < -0.3 is 9.88 Å². The third-order valence-electron chi connectivity index (χ3n) is 3.59. The Balaban J connectivity index is 2.03. The van der Waals surface area contributed by atoms with Gasteiger partial charge in [-0.3, -0.25) is 0 Å². The van der Waals surface area contributed by atoms with Crippen LogP contribution in [0.5, 0.6) is 0 Å². The Morgan fingerprint density at radius 2 is 2.24 bits per heavy atom. The maximum atomic E-state index is 11.9. The Hall–Kier alpha value is -0.920. The summed E-state index contributed by atoms with van der Waals surface area (Å²) < 4.78 is 26.4. The van der Waals surface area contributed by atoms with Crippen molar-refractivity contribution in [3.63, 3.8) is 0 Å². The minimum atomic E-state index is -3.45. The molecule has 1 aromatic rings. The van der Waals surface area contributed by atoms with E-state index in [1.165, 1.54) is 12.5 Å². The van der Waals surface area contributed by atoms with Crippen LogP contribution in [-0.2, 0) is 10.0 Å². The lowest BCUT2D eigenvalue weighted by molar-refractivity contribution is 0.0656. The van der Waals surface area contributed by atoms with Crippen molar-refractivity contribution in [2.45, 2.75) is 29.8 Å². The summed E-state index contributed by atoms with van der Waals surface area (Å²) in [6, 6.07) is 0. The van der Waals surface area contributed by atoms with E-state index in [-0.39, 0.29) is 10.6 Å². The summed E-state index contributed by atoms with van der Waals surface area (Å²) in [6.45, 7) is 0.446. The summed E-state index contributed by atoms with van der Waals surface area (Å²) in [6.07, 6.45) is 5.89. The number of nitrogens with zero attached hydrogens (tertiary/aromatic N) is 2. The average Bonchev–Trinajstić information content (AvgIpc) is 2.68. The van der Waals surface area contributed by atoms with Gasteiger partial charge in [0, 0.05) is 12.1 Å². The van der Waals surface area contributed by atoms with Gasteiger partial charge in [-0.15, -0.1) is 0 Å². The van der Waals surface area contributed by atoms with Gasteiger partial charge in [0.1, 0.15) is 0 Å². The highest BCUT2D eigenvalue weighted by Crippen LogP contribution is 2.35. The van der Waals surface area contributed by atoms with Gasteiger partial charge in [-0.1, -0.05) is 0 Å². The normalized spacial score (nSPS) is 19.2. The minimum Gasteiger partial charge on any atom is -0.335 e. The number of likely N-dealkylation sites (N-methyl/N-ethyl adjacent to an activating group) is 1. The number of nitrogens with one attached hydrogen (secondary N) is 2. The highest BCUT2D eigenvalue weighted by Gasteiger charge is 2.39. The Labute approximate surface area is 101 Å². The number of aromatic nitrogens is 2. The number of rotatable bonds is 5. The molecular formula is C10H18N4O2S. The van der Waals surface area contributed by atoms with Crippen LogP contribution in [0.3, 0.4) is 0 Å². The molecule has 1 aliphatic rings. The van der Waals surface area contributed by atoms with Crippen molar-refractivity contribution < 1.29 is 8.42 Å². The quantitative estimate of drug-likeness (QED) is 0.789. The minimum absolute atomic E-state index is 0.0207. The Bertz CT molecular complexity index is 463. The lowest BCUT2D eigenvalue weighted by Crippen LogP contribution is -2.57. The van der Waals surface area contributed by atoms with Gasteiger partial charge in [0.2, 0.25) is 0 Å². The van der Waals surface area contributed by atoms with Gasteiger partial charge in [0.15, 0.2) is 5.03 Å². The van der Waals surface area contributed by atoms with Gasteiger partial charge in [-0.25, -0.2) is 18.1 Å². The molecule has 1 saturated carbocycles. The second-order valence-electron chi connectivity index (χ2n) is 4.71. The largest absolute Gasteiger partial charge is 0.335 e. The standard InChI is InChI=1S/C10H18N4O2S/c1-14(2)10(4-3-5-10)7-13-17(15,16)9-6-11-8-12-9/h6,8,13H,3-5,7H2,1-2H3,(H,11,12). The third kappa shape index (κ3) is 2.36. The van der Waals surface area contributed by atoms with Crippen LogP contribution in [0, 0.1) is 0 Å². The molecule has 0 amide bonds. The fourth-order valence-corrected chi connectivity index (χ4v) is 3.09. The number of sulfonamides is 1. The molecule has 2 rings (SSSR count). The number of aromatic amines is 1. The third-order valence-corrected chi connectivity index (χ3v) is 4.91. The van der Waals surface area contributed by atoms with Crippen LogP contribution in [-0.4, -0.2) is 49.5 Å². The first-order valence-electron chi connectivity index (χ1n) is 5.62. The van der Waals surface area contributed by atoms with Crippen molar-refractivity contribution >= 4 is 10.0 Å². The van der Waals surface area contributed by atoms with Gasteiger partial charge in [-0.2, -0.15) is 0 Å². The van der Waals surface area contributed by atoms with E-state index >= 15 is 0 Å². The molecule has 96 valence electrons. The molecule has 1 aromatic heterocycles. The maximum Gasteiger partial charge on any atom is 0.257 e. The zero-order valence-corrected chi connectivity index (χ0v) is 10.9. The molecule has 0 spiro atoms. The number of H-pyrrole nitrogens is 1. The van der Waals surface area contributed by atoms with Crippen LogP contribution >= 0.6 is 0 Å². The van der Waals surface area contributed by atoms with Gasteiger partial charge in [-0.05, 0) is 33.4 Å². The number of imidazole rings is 1. The fourth-order valence-electron chi connectivity index (χ4n) is 2.06. The first-order chi connectivity index (χ1) is 7.96. The van der Waals surface area contributed by atoms with E-state index in [0.717, 1.165) is 19.3 Å². The molecule has 2 N–H and O–H groups in total. The van der Waals surface area contributed by atoms with Crippen LogP contribution < -0.4 is 4.72 Å². The predicted octanol–water partition coefficient (Wildman–Crippen LogP) is 0.172. The van der Waals surface area contributed by atoms with E-state index in [0.29, 0.717) is 6.54 Å². The molecule has 0 bridgehead atoms. The second kappa shape index (κ2) is 4.40. The predicted molar refractivity (Wildman–Crippen MR) is 64.0 cm³/mol. The zero-order chi connectivity index (χ0) is 12.5. The Morgan fingerprint density at radius 1 is 1.53 bits per heavy atom. The van der Waals surface area contributed by atoms with E-state index < -0.39 is 10.0 Å². The summed E-state index contributed by atoms with van der Waals surface area (Å²) in [7, 11) is 0.525. The maximum absolute atomic E-state index is 11.9. The molecule has 0 radical (unpaired) electrons. The molecule has 6 nitrogen and oxygen atoms in total. The summed E-state index contributed by atoms with van der Waals surface area (Å²) in [4.78, 5) is 8.42. The molecule has 1 aliphatic carbocycles. The van der Waals surface area contributed by atoms with Crippen molar-refractivity contribution in [1.82, 2.24) is 19.6 Å². The molecule has 0 saturated heterocycles. The number of hydrogen-bond acceptors (Lipinski definition) is 4. The first-order valence-corrected chi connectivity index (χ1v) is 7.10. The van der Waals surface area contributed by atoms with E-state index in [1.54, 1.807) is 0 Å². The second-order valence-corrected chi connectivity index (χ2v) is 6.45. The fraction of sp³-hybridized carbons (Fsp3) is 0.700. The van der Waals surface area contributed by atoms with Crippen LogP contribution in [0.15, 0.2) is 17.6 Å². The smallest absolute Gasteiger partial charge is 0.257 e. The molecule has 1 fully saturated rings. The van der Waals surface area contributed by atoms with E-state index in [2.05, 4.69) is 19.6 Å². The summed E-state index contributed by atoms with van der Waals surface area (Å²) >= 11 is 0. The van der Waals surface area contributed by atoms with Crippen molar-refractivity contribution in [1.29, 1.82) is 0 Å². The molecule has 17 heavy (non-hydrogen) atoms. The Morgan fingerprint density at radius 3 is 2.65 bits per heavy atom. The topological polar surface area (TPSA) is 78.1 Å². The van der Waals surface area contributed by atoms with Crippen LogP contribution in [0.1, 0.15) is 19.3 Å². The van der Waals surface area contributed by atoms with Crippen molar-refractivity contribution in [2.75, 3.05) is 20.6 Å². The van der Waals surface area contributed by atoms with E-state index in [1.807, 2.05) is 14.1 Å². The molecular weight excluding hydrogens is 240 g/mol. The molecule has 0 atom stereocenters. The van der Waals surface area contributed by atoms with Crippen LogP contribution in [0.2, 0.25) is 0 Å². The van der Waals surface area contributed by atoms with Gasteiger partial charge >= 0.3 is 0 Å². The highest BCUT2D eigenvalue weighted by atomic mass is 32.2. The van der Waals surface area contributed by atoms with Gasteiger partial charge in [0.25, 0.3) is 10.0 Å². The van der Waals surface area contributed by atoms with E-state index in [4.69, 9.17) is 0 Å². The highest BCUT2D eigenvalue weighted by molar-refractivity contribution is 7.89. The molecule has 1 heterocycles. The van der Waals surface area contributed by atoms with Gasteiger partial charge in [0.05, 0.1) is 12.5 Å². The van der Waals surface area contributed by atoms with E-state index in [9.17, 15) is 8.42 Å². The molecule has 0 aromatic carbocycles. The summed E-state index contributed by atoms with van der Waals surface area (Å²) in [5.74, 6) is 0. The van der Waals surface area contributed by atoms with Crippen molar-refractivity contribution in [3.8, 4) is 0 Å².